The third-order valence-electron chi connectivity index (χ3n) is 7.30. The number of fused-ring (bicyclic) bond motifs is 1. The lowest BCUT2D eigenvalue weighted by molar-refractivity contribution is -0.137. The Labute approximate surface area is 241 Å². The van der Waals surface area contributed by atoms with Gasteiger partial charge in [0.05, 0.1) is 22.5 Å². The van der Waals surface area contributed by atoms with Gasteiger partial charge in [-0.1, -0.05) is 12.1 Å². The minimum Gasteiger partial charge on any atom is -0.357 e. The van der Waals surface area contributed by atoms with Gasteiger partial charge in [0, 0.05) is 42.8 Å². The summed E-state index contributed by atoms with van der Waals surface area (Å²) >= 11 is 0. The van der Waals surface area contributed by atoms with Crippen LogP contribution in [0.1, 0.15) is 42.3 Å². The van der Waals surface area contributed by atoms with Crippen molar-refractivity contribution < 1.29 is 22.8 Å². The molecule has 5 rings (SSSR count). The fourth-order valence-corrected chi connectivity index (χ4v) is 5.02. The van der Waals surface area contributed by atoms with Crippen LogP contribution in [0.15, 0.2) is 60.8 Å². The Kier molecular flexibility index (Phi) is 7.30. The number of hydrogen-bond donors (Lipinski definition) is 2. The Bertz CT molecular complexity index is 1700. The molecule has 42 heavy (non-hydrogen) atoms. The summed E-state index contributed by atoms with van der Waals surface area (Å²) in [4.78, 5) is 38.5. The van der Waals surface area contributed by atoms with Crippen molar-refractivity contribution in [3.63, 3.8) is 0 Å². The minimum absolute atomic E-state index is 0.0933. The lowest BCUT2D eigenvalue weighted by atomic mass is 9.97. The molecule has 1 aromatic heterocycles. The van der Waals surface area contributed by atoms with Crippen molar-refractivity contribution in [3.8, 4) is 11.1 Å². The zero-order valence-corrected chi connectivity index (χ0v) is 23.9. The van der Waals surface area contributed by atoms with Gasteiger partial charge in [0.15, 0.2) is 0 Å². The number of anilines is 3. The van der Waals surface area contributed by atoms with Gasteiger partial charge in [0.25, 0.3) is 5.91 Å². The van der Waals surface area contributed by atoms with Crippen molar-refractivity contribution >= 4 is 40.2 Å². The molecule has 8 nitrogen and oxygen atoms in total. The van der Waals surface area contributed by atoms with Crippen molar-refractivity contribution in [2.75, 3.05) is 35.7 Å². The van der Waals surface area contributed by atoms with Crippen LogP contribution in [0.3, 0.4) is 0 Å². The van der Waals surface area contributed by atoms with E-state index in [0.717, 1.165) is 39.7 Å². The van der Waals surface area contributed by atoms with Crippen LogP contribution in [0.5, 0.6) is 0 Å². The molecule has 0 bridgehead atoms. The number of hydrogen-bond acceptors (Lipinski definition) is 5. The van der Waals surface area contributed by atoms with Crippen molar-refractivity contribution in [1.82, 2.24) is 14.9 Å². The van der Waals surface area contributed by atoms with E-state index in [1.807, 2.05) is 45.9 Å². The van der Waals surface area contributed by atoms with Crippen LogP contribution in [0.25, 0.3) is 22.0 Å². The van der Waals surface area contributed by atoms with E-state index in [4.69, 9.17) is 0 Å². The molecule has 1 aliphatic heterocycles. The largest absolute Gasteiger partial charge is 0.416 e. The summed E-state index contributed by atoms with van der Waals surface area (Å²) < 4.78 is 41.0. The van der Waals surface area contributed by atoms with Gasteiger partial charge in [-0.15, -0.1) is 0 Å². The molecule has 0 unspecified atom stereocenters. The van der Waals surface area contributed by atoms with Crippen LogP contribution >= 0.6 is 0 Å². The number of nitrogens with zero attached hydrogens (tertiary/aromatic N) is 4. The molecule has 0 spiro atoms. The van der Waals surface area contributed by atoms with Crippen molar-refractivity contribution in [2.24, 2.45) is 0 Å². The van der Waals surface area contributed by atoms with Crippen LogP contribution in [-0.4, -0.2) is 52.5 Å². The molecule has 0 radical (unpaired) electrons. The predicted molar refractivity (Wildman–Crippen MR) is 158 cm³/mol. The third kappa shape index (κ3) is 5.59. The molecule has 3 aromatic carbocycles. The molecule has 1 saturated heterocycles. The van der Waals surface area contributed by atoms with E-state index in [2.05, 4.69) is 20.6 Å². The fraction of sp³-hybridized carbons (Fsp3) is 0.290. The van der Waals surface area contributed by atoms with E-state index in [0.29, 0.717) is 12.5 Å². The highest BCUT2D eigenvalue weighted by Crippen LogP contribution is 2.38. The second-order valence-corrected chi connectivity index (χ2v) is 11.2. The summed E-state index contributed by atoms with van der Waals surface area (Å²) in [5.74, 6) is -0.0975. The first-order valence-corrected chi connectivity index (χ1v) is 13.4. The van der Waals surface area contributed by atoms with Gasteiger partial charge in [0.1, 0.15) is 0 Å². The molecule has 0 saturated carbocycles. The number of urea groups is 1. The second kappa shape index (κ2) is 10.6. The molecule has 11 heteroatoms. The number of carbonyl (C=O) groups is 2. The molecular weight excluding hydrogens is 545 g/mol. The smallest absolute Gasteiger partial charge is 0.357 e. The first-order chi connectivity index (χ1) is 19.8. The SMILES string of the molecule is CNc1ncc2cc(-c3cc(C(=O)Nc4cc(C(F)(F)F)ccc4N4CCN(C(C)(C)C)C4=O)ccc3C)ccc2n1. The topological polar surface area (TPSA) is 90.5 Å². The standard InChI is InChI=1S/C31H31F3N6O2/c1-18-6-7-20(15-23(18)19-8-10-24-21(14-19)17-36-28(35-5)38-24)27(41)37-25-16-22(31(32,33)34)9-11-26(25)39-12-13-40(29(39)42)30(2,3)4/h6-11,14-17H,12-13H2,1-5H3,(H,37,41)(H,35,36,38). The lowest BCUT2D eigenvalue weighted by Gasteiger charge is -2.31. The number of nitrogens with one attached hydrogen (secondary N) is 2. The molecule has 4 aromatic rings. The van der Waals surface area contributed by atoms with Crippen LogP contribution < -0.4 is 15.5 Å². The predicted octanol–water partition coefficient (Wildman–Crippen LogP) is 6.96. The average molecular weight is 577 g/mol. The summed E-state index contributed by atoms with van der Waals surface area (Å²) in [6.07, 6.45) is -2.92. The molecular formula is C31H31F3N6O2. The van der Waals surface area contributed by atoms with Crippen LogP contribution in [0.2, 0.25) is 0 Å². The van der Waals surface area contributed by atoms with Gasteiger partial charge in [-0.2, -0.15) is 13.2 Å². The maximum Gasteiger partial charge on any atom is 0.416 e. The number of rotatable bonds is 5. The zero-order chi connectivity index (χ0) is 30.4. The quantitative estimate of drug-likeness (QED) is 0.268. The molecule has 2 N–H and O–H groups in total. The summed E-state index contributed by atoms with van der Waals surface area (Å²) in [6, 6.07) is 13.5. The summed E-state index contributed by atoms with van der Waals surface area (Å²) in [7, 11) is 1.74. The van der Waals surface area contributed by atoms with E-state index >= 15 is 0 Å². The zero-order valence-electron chi connectivity index (χ0n) is 23.9. The third-order valence-corrected chi connectivity index (χ3v) is 7.30. The van der Waals surface area contributed by atoms with E-state index in [1.54, 1.807) is 36.3 Å². The fourth-order valence-electron chi connectivity index (χ4n) is 5.02. The van der Waals surface area contributed by atoms with Gasteiger partial charge in [-0.3, -0.25) is 9.69 Å². The van der Waals surface area contributed by atoms with Crippen molar-refractivity contribution in [2.45, 2.75) is 39.4 Å². The van der Waals surface area contributed by atoms with Gasteiger partial charge in [0.2, 0.25) is 5.95 Å². The first kappa shape index (κ1) is 28.8. The maximum absolute atomic E-state index is 13.7. The Morgan fingerprint density at radius 2 is 1.74 bits per heavy atom. The molecule has 0 aliphatic carbocycles. The van der Waals surface area contributed by atoms with E-state index in [-0.39, 0.29) is 29.5 Å². The number of aryl methyl sites for hydroxylation is 1. The molecule has 2 heterocycles. The lowest BCUT2D eigenvalue weighted by Crippen LogP contribution is -2.44. The molecule has 1 aliphatic rings. The second-order valence-electron chi connectivity index (χ2n) is 11.2. The average Bonchev–Trinajstić information content (AvgIpc) is 3.33. The highest BCUT2D eigenvalue weighted by Gasteiger charge is 2.38. The van der Waals surface area contributed by atoms with E-state index < -0.39 is 23.2 Å². The van der Waals surface area contributed by atoms with Crippen LogP contribution in [0, 0.1) is 6.92 Å². The Hall–Kier alpha value is -4.67. The molecule has 218 valence electrons. The Morgan fingerprint density at radius 3 is 2.40 bits per heavy atom. The van der Waals surface area contributed by atoms with Gasteiger partial charge in [-0.05, 0) is 86.8 Å². The Balaban J connectivity index is 1.49. The van der Waals surface area contributed by atoms with Crippen molar-refractivity contribution in [3.05, 3.63) is 77.5 Å². The number of carbonyl (C=O) groups excluding carboxylic acids is 2. The van der Waals surface area contributed by atoms with Gasteiger partial charge in [-0.25, -0.2) is 14.8 Å². The number of aromatic nitrogens is 2. The Morgan fingerprint density at radius 1 is 0.976 bits per heavy atom. The van der Waals surface area contributed by atoms with Gasteiger partial charge >= 0.3 is 12.2 Å². The summed E-state index contributed by atoms with van der Waals surface area (Å²) in [5, 5.41) is 6.37. The molecule has 0 atom stereocenters. The minimum atomic E-state index is -4.63. The first-order valence-electron chi connectivity index (χ1n) is 13.4. The number of amides is 3. The number of halogens is 3. The van der Waals surface area contributed by atoms with Gasteiger partial charge < -0.3 is 15.5 Å². The molecule has 3 amide bonds. The normalized spacial score (nSPS) is 14.0. The van der Waals surface area contributed by atoms with Crippen LogP contribution in [0.4, 0.5) is 35.3 Å². The maximum atomic E-state index is 13.7. The summed E-state index contributed by atoms with van der Waals surface area (Å²) in [6.45, 7) is 8.27. The number of benzene rings is 3. The van der Waals surface area contributed by atoms with E-state index in [1.165, 1.54) is 11.0 Å². The van der Waals surface area contributed by atoms with Crippen LogP contribution in [-0.2, 0) is 6.18 Å². The molecule has 1 fully saturated rings. The highest BCUT2D eigenvalue weighted by molar-refractivity contribution is 6.08. The van der Waals surface area contributed by atoms with Crippen molar-refractivity contribution in [1.29, 1.82) is 0 Å². The summed E-state index contributed by atoms with van der Waals surface area (Å²) in [5.41, 5.74) is 2.24. The van der Waals surface area contributed by atoms with E-state index in [9.17, 15) is 22.8 Å². The highest BCUT2D eigenvalue weighted by atomic mass is 19.4. The monoisotopic (exact) mass is 576 g/mol. The number of alkyl halides is 3.